The van der Waals surface area contributed by atoms with Crippen molar-refractivity contribution >= 4 is 12.2 Å². The molecule has 0 N–H and O–H groups in total. The maximum Gasteiger partial charge on any atom is 0.235 e. The van der Waals surface area contributed by atoms with Gasteiger partial charge in [-0.15, -0.1) is 0 Å². The summed E-state index contributed by atoms with van der Waals surface area (Å²) < 4.78 is 0. The Morgan fingerprint density at radius 2 is 1.82 bits per heavy atom. The third kappa shape index (κ3) is 3.62. The van der Waals surface area contributed by atoms with E-state index >= 15 is 0 Å². The molecule has 17 heavy (non-hydrogen) atoms. The highest BCUT2D eigenvalue weighted by Crippen LogP contribution is 2.49. The Morgan fingerprint density at radius 1 is 1.18 bits per heavy atom. The van der Waals surface area contributed by atoms with Crippen molar-refractivity contribution in [1.29, 1.82) is 0 Å². The lowest BCUT2D eigenvalue weighted by atomic mass is 9.61. The zero-order valence-electron chi connectivity index (χ0n) is 10.8. The third-order valence-corrected chi connectivity index (χ3v) is 3.92. The fraction of sp³-hybridized carbons (Fsp3) is 0.846. The Balaban J connectivity index is 2.91. The van der Waals surface area contributed by atoms with E-state index in [2.05, 4.69) is 30.8 Å². The number of nitrogens with zero attached hydrogens (tertiary/aromatic N) is 2. The zero-order chi connectivity index (χ0) is 12.9. The molecule has 0 aliphatic heterocycles. The van der Waals surface area contributed by atoms with Crippen molar-refractivity contribution < 1.29 is 9.59 Å². The van der Waals surface area contributed by atoms with E-state index < -0.39 is 0 Å². The second kappa shape index (κ2) is 5.39. The monoisotopic (exact) mass is 236 g/mol. The van der Waals surface area contributed by atoms with Crippen LogP contribution in [-0.2, 0) is 9.59 Å². The summed E-state index contributed by atoms with van der Waals surface area (Å²) in [5.41, 5.74) is 0.0991. The van der Waals surface area contributed by atoms with Crippen LogP contribution < -0.4 is 0 Å². The van der Waals surface area contributed by atoms with Crippen LogP contribution in [0.1, 0.15) is 46.5 Å². The van der Waals surface area contributed by atoms with Gasteiger partial charge in [0, 0.05) is 0 Å². The molecule has 4 nitrogen and oxygen atoms in total. The molecule has 0 spiro atoms. The first-order valence-electron chi connectivity index (χ1n) is 6.07. The molecule has 1 fully saturated rings. The van der Waals surface area contributed by atoms with Crippen LogP contribution in [-0.4, -0.2) is 24.7 Å². The lowest BCUT2D eigenvalue weighted by molar-refractivity contribution is 0.0737. The van der Waals surface area contributed by atoms with Gasteiger partial charge in [0.05, 0.1) is 12.6 Å². The molecule has 94 valence electrons. The molecule has 3 atom stereocenters. The first-order chi connectivity index (χ1) is 7.97. The predicted molar refractivity (Wildman–Crippen MR) is 65.3 cm³/mol. The first kappa shape index (κ1) is 13.8. The van der Waals surface area contributed by atoms with Crippen molar-refractivity contribution in [2.45, 2.75) is 52.5 Å². The minimum absolute atomic E-state index is 0.0121. The minimum Gasteiger partial charge on any atom is -0.211 e. The van der Waals surface area contributed by atoms with Crippen molar-refractivity contribution in [2.24, 2.45) is 20.8 Å². The molecular weight excluding hydrogens is 216 g/mol. The van der Waals surface area contributed by atoms with Gasteiger partial charge >= 0.3 is 0 Å². The lowest BCUT2D eigenvalue weighted by Crippen LogP contribution is -2.40. The van der Waals surface area contributed by atoms with Crippen molar-refractivity contribution in [2.75, 3.05) is 6.54 Å². The highest BCUT2D eigenvalue weighted by Gasteiger charge is 2.42. The van der Waals surface area contributed by atoms with Crippen LogP contribution in [0.3, 0.4) is 0 Å². The minimum atomic E-state index is -0.0641. The SMILES string of the molecule is CCC1(C)CC(N=C=O)CC(C)(CN=C=O)C1. The van der Waals surface area contributed by atoms with Gasteiger partial charge in [0.2, 0.25) is 12.2 Å². The summed E-state index contributed by atoms with van der Waals surface area (Å²) >= 11 is 0. The van der Waals surface area contributed by atoms with Crippen LogP contribution in [0.15, 0.2) is 9.98 Å². The van der Waals surface area contributed by atoms with Crippen molar-refractivity contribution in [3.05, 3.63) is 0 Å². The Hall–Kier alpha value is -1.24. The van der Waals surface area contributed by atoms with E-state index in [0.717, 1.165) is 25.7 Å². The Kier molecular flexibility index (Phi) is 4.39. The molecule has 0 aromatic carbocycles. The second-order valence-corrected chi connectivity index (χ2v) is 5.84. The normalized spacial score (nSPS) is 36.8. The molecular formula is C13H20N2O2. The van der Waals surface area contributed by atoms with E-state index in [1.165, 1.54) is 0 Å². The van der Waals surface area contributed by atoms with Gasteiger partial charge in [-0.2, -0.15) is 0 Å². The van der Waals surface area contributed by atoms with E-state index in [1.807, 2.05) is 0 Å². The topological polar surface area (TPSA) is 58.9 Å². The van der Waals surface area contributed by atoms with Gasteiger partial charge in [0.25, 0.3) is 0 Å². The average Bonchev–Trinajstić information content (AvgIpc) is 2.26. The Morgan fingerprint density at radius 3 is 2.35 bits per heavy atom. The fourth-order valence-corrected chi connectivity index (χ4v) is 3.16. The van der Waals surface area contributed by atoms with Crippen LogP contribution in [0.25, 0.3) is 0 Å². The molecule has 0 bridgehead atoms. The van der Waals surface area contributed by atoms with Gasteiger partial charge < -0.3 is 0 Å². The molecule has 3 unspecified atom stereocenters. The molecule has 1 aliphatic rings. The van der Waals surface area contributed by atoms with Crippen molar-refractivity contribution in [3.8, 4) is 0 Å². The third-order valence-electron chi connectivity index (χ3n) is 3.92. The lowest BCUT2D eigenvalue weighted by Gasteiger charge is -2.45. The Labute approximate surface area is 102 Å². The van der Waals surface area contributed by atoms with Gasteiger partial charge in [0.15, 0.2) is 0 Å². The van der Waals surface area contributed by atoms with Crippen LogP contribution in [0.5, 0.6) is 0 Å². The number of hydrogen-bond acceptors (Lipinski definition) is 4. The van der Waals surface area contributed by atoms with Crippen LogP contribution in [0, 0.1) is 10.8 Å². The van der Waals surface area contributed by atoms with Gasteiger partial charge in [-0.3, -0.25) is 0 Å². The molecule has 1 saturated carbocycles. The number of aliphatic imine (C=N–C) groups is 2. The van der Waals surface area contributed by atoms with Gasteiger partial charge in [-0.05, 0) is 30.1 Å². The highest BCUT2D eigenvalue weighted by molar-refractivity contribution is 5.34. The predicted octanol–water partition coefficient (Wildman–Crippen LogP) is 2.63. The zero-order valence-corrected chi connectivity index (χ0v) is 10.8. The summed E-state index contributed by atoms with van der Waals surface area (Å²) in [6.45, 7) is 6.93. The number of hydrogen-bond donors (Lipinski definition) is 0. The van der Waals surface area contributed by atoms with E-state index in [1.54, 1.807) is 12.2 Å². The molecule has 0 heterocycles. The molecule has 1 rings (SSSR count). The smallest absolute Gasteiger partial charge is 0.211 e. The summed E-state index contributed by atoms with van der Waals surface area (Å²) in [5.74, 6) is 0. The average molecular weight is 236 g/mol. The van der Waals surface area contributed by atoms with Crippen molar-refractivity contribution in [1.82, 2.24) is 0 Å². The second-order valence-electron chi connectivity index (χ2n) is 5.84. The molecule has 0 aromatic rings. The first-order valence-corrected chi connectivity index (χ1v) is 6.07. The molecule has 0 saturated heterocycles. The van der Waals surface area contributed by atoms with E-state index in [0.29, 0.717) is 6.54 Å². The molecule has 0 aromatic heterocycles. The standard InChI is InChI=1S/C13H20N2O2/c1-4-12(2)5-11(15-10-17)6-13(3,7-12)8-14-9-16/h11H,4-8H2,1-3H3. The number of isocyanates is 2. The van der Waals surface area contributed by atoms with Crippen LogP contribution in [0.2, 0.25) is 0 Å². The maximum absolute atomic E-state index is 10.4. The highest BCUT2D eigenvalue weighted by atomic mass is 16.1. The van der Waals surface area contributed by atoms with E-state index in [4.69, 9.17) is 0 Å². The Bertz CT molecular complexity index is 370. The van der Waals surface area contributed by atoms with Crippen LogP contribution >= 0.6 is 0 Å². The summed E-state index contributed by atoms with van der Waals surface area (Å²) in [6, 6.07) is 0.0121. The number of rotatable bonds is 4. The van der Waals surface area contributed by atoms with Gasteiger partial charge in [0.1, 0.15) is 0 Å². The van der Waals surface area contributed by atoms with E-state index in [9.17, 15) is 9.59 Å². The number of carbonyl (C=O) groups excluding carboxylic acids is 2. The molecule has 0 amide bonds. The molecule has 0 radical (unpaired) electrons. The largest absolute Gasteiger partial charge is 0.235 e. The quantitative estimate of drug-likeness (QED) is 0.556. The van der Waals surface area contributed by atoms with Gasteiger partial charge in [-0.25, -0.2) is 19.6 Å². The van der Waals surface area contributed by atoms with Gasteiger partial charge in [-0.1, -0.05) is 27.2 Å². The maximum atomic E-state index is 10.4. The van der Waals surface area contributed by atoms with Crippen molar-refractivity contribution in [3.63, 3.8) is 0 Å². The molecule has 1 aliphatic carbocycles. The fourth-order valence-electron chi connectivity index (χ4n) is 3.16. The summed E-state index contributed by atoms with van der Waals surface area (Å²) in [4.78, 5) is 28.3. The summed E-state index contributed by atoms with van der Waals surface area (Å²) in [5, 5.41) is 0. The summed E-state index contributed by atoms with van der Waals surface area (Å²) in [7, 11) is 0. The molecule has 4 heteroatoms. The van der Waals surface area contributed by atoms with Crippen LogP contribution in [0.4, 0.5) is 0 Å². The summed E-state index contributed by atoms with van der Waals surface area (Å²) in [6.07, 6.45) is 7.02. The van der Waals surface area contributed by atoms with E-state index in [-0.39, 0.29) is 16.9 Å².